The molecule has 6 nitrogen and oxygen atoms in total. The summed E-state index contributed by atoms with van der Waals surface area (Å²) in [6.07, 6.45) is 0.949. The number of hydrogen-bond acceptors (Lipinski definition) is 4. The van der Waals surface area contributed by atoms with Gasteiger partial charge in [0.05, 0.1) is 13.7 Å². The molecule has 0 bridgehead atoms. The normalized spacial score (nSPS) is 11.1. The Bertz CT molecular complexity index is 525. The third-order valence-electron chi connectivity index (χ3n) is 3.42. The molecule has 7 heteroatoms. The Morgan fingerprint density at radius 3 is 2.58 bits per heavy atom. The van der Waals surface area contributed by atoms with E-state index >= 15 is 0 Å². The third-order valence-corrected chi connectivity index (χ3v) is 3.42. The molecule has 0 aromatic heterocycles. The van der Waals surface area contributed by atoms with Gasteiger partial charge in [0.1, 0.15) is 0 Å². The highest BCUT2D eigenvalue weighted by atomic mass is 127. The molecule has 0 aliphatic heterocycles. The number of halogens is 1. The van der Waals surface area contributed by atoms with E-state index in [-0.39, 0.29) is 24.0 Å². The molecule has 0 amide bonds. The molecule has 150 valence electrons. The van der Waals surface area contributed by atoms with Crippen molar-refractivity contribution in [3.63, 3.8) is 0 Å². The largest absolute Gasteiger partial charge is 0.493 e. The Labute approximate surface area is 175 Å². The van der Waals surface area contributed by atoms with Gasteiger partial charge in [0.15, 0.2) is 17.5 Å². The fourth-order valence-electron chi connectivity index (χ4n) is 2.21. The first kappa shape index (κ1) is 24.8. The first-order valence-corrected chi connectivity index (χ1v) is 8.92. The van der Waals surface area contributed by atoms with Gasteiger partial charge in [0.25, 0.3) is 0 Å². The molecule has 0 heterocycles. The molecule has 0 radical (unpaired) electrons. The summed E-state index contributed by atoms with van der Waals surface area (Å²) in [5.41, 5.74) is 1.10. The minimum atomic E-state index is 0. The zero-order chi connectivity index (χ0) is 18.5. The van der Waals surface area contributed by atoms with Crippen molar-refractivity contribution in [2.45, 2.75) is 33.7 Å². The van der Waals surface area contributed by atoms with Gasteiger partial charge in [-0.15, -0.1) is 24.0 Å². The minimum absolute atomic E-state index is 0. The van der Waals surface area contributed by atoms with E-state index in [0.717, 1.165) is 49.2 Å². The van der Waals surface area contributed by atoms with Gasteiger partial charge < -0.3 is 24.8 Å². The van der Waals surface area contributed by atoms with E-state index in [0.29, 0.717) is 19.1 Å². The molecular weight excluding hydrogens is 445 g/mol. The Hall–Kier alpha value is -1.22. The van der Waals surface area contributed by atoms with Crippen molar-refractivity contribution in [1.29, 1.82) is 0 Å². The predicted molar refractivity (Wildman–Crippen MR) is 118 cm³/mol. The van der Waals surface area contributed by atoms with Crippen LogP contribution in [0.3, 0.4) is 0 Å². The van der Waals surface area contributed by atoms with Gasteiger partial charge in [-0.2, -0.15) is 0 Å². The van der Waals surface area contributed by atoms with Gasteiger partial charge in [-0.1, -0.05) is 19.9 Å². The summed E-state index contributed by atoms with van der Waals surface area (Å²) in [5, 5.41) is 6.60. The Morgan fingerprint density at radius 1 is 1.19 bits per heavy atom. The number of rotatable bonds is 11. The van der Waals surface area contributed by atoms with Crippen LogP contribution in [-0.4, -0.2) is 46.5 Å². The molecule has 1 rings (SSSR count). The standard InChI is InChI=1S/C19H33N3O3.HI/c1-6-25-18-12-16(8-9-17(18)23-5)13-22-19(20-4)21-10-7-11-24-14-15(2)3;/h8-9,12,15H,6-7,10-11,13-14H2,1-5H3,(H2,20,21,22);1H. The second-order valence-electron chi connectivity index (χ2n) is 6.09. The smallest absolute Gasteiger partial charge is 0.191 e. The molecule has 0 saturated carbocycles. The fraction of sp³-hybridized carbons (Fsp3) is 0.632. The zero-order valence-corrected chi connectivity index (χ0v) is 19.0. The highest BCUT2D eigenvalue weighted by Crippen LogP contribution is 2.27. The van der Waals surface area contributed by atoms with Crippen molar-refractivity contribution in [1.82, 2.24) is 10.6 Å². The fourth-order valence-corrected chi connectivity index (χ4v) is 2.21. The zero-order valence-electron chi connectivity index (χ0n) is 16.6. The molecule has 0 aliphatic rings. The maximum atomic E-state index is 5.61. The van der Waals surface area contributed by atoms with E-state index in [1.807, 2.05) is 25.1 Å². The maximum Gasteiger partial charge on any atom is 0.191 e. The topological polar surface area (TPSA) is 64.1 Å². The van der Waals surface area contributed by atoms with Crippen LogP contribution in [0.15, 0.2) is 23.2 Å². The SMILES string of the molecule is CCOc1cc(CNC(=NC)NCCCOCC(C)C)ccc1OC.I. The number of aliphatic imine (C=N–C) groups is 1. The molecule has 0 fully saturated rings. The molecule has 1 aromatic carbocycles. The van der Waals surface area contributed by atoms with E-state index < -0.39 is 0 Å². The Balaban J connectivity index is 0.00000625. The number of ether oxygens (including phenoxy) is 3. The van der Waals surface area contributed by atoms with Crippen molar-refractivity contribution in [3.8, 4) is 11.5 Å². The monoisotopic (exact) mass is 479 g/mol. The van der Waals surface area contributed by atoms with Gasteiger partial charge in [0.2, 0.25) is 0 Å². The molecule has 0 unspecified atom stereocenters. The lowest BCUT2D eigenvalue weighted by atomic mass is 10.2. The van der Waals surface area contributed by atoms with Crippen molar-refractivity contribution in [2.24, 2.45) is 10.9 Å². The summed E-state index contributed by atoms with van der Waals surface area (Å²) < 4.78 is 16.5. The summed E-state index contributed by atoms with van der Waals surface area (Å²) in [7, 11) is 3.41. The van der Waals surface area contributed by atoms with E-state index in [1.165, 1.54) is 0 Å². The highest BCUT2D eigenvalue weighted by molar-refractivity contribution is 14.0. The molecule has 2 N–H and O–H groups in total. The Kier molecular flexibility index (Phi) is 14.2. The van der Waals surface area contributed by atoms with Gasteiger partial charge in [-0.05, 0) is 37.0 Å². The number of guanidine groups is 1. The van der Waals surface area contributed by atoms with Gasteiger partial charge in [-0.25, -0.2) is 0 Å². The molecule has 0 atom stereocenters. The van der Waals surface area contributed by atoms with E-state index in [1.54, 1.807) is 14.2 Å². The van der Waals surface area contributed by atoms with Crippen LogP contribution in [0.2, 0.25) is 0 Å². The van der Waals surface area contributed by atoms with Crippen LogP contribution in [-0.2, 0) is 11.3 Å². The summed E-state index contributed by atoms with van der Waals surface area (Å²) in [6.45, 7) is 9.93. The first-order chi connectivity index (χ1) is 12.1. The lowest BCUT2D eigenvalue weighted by Crippen LogP contribution is -2.37. The van der Waals surface area contributed by atoms with Crippen LogP contribution < -0.4 is 20.1 Å². The number of hydrogen-bond donors (Lipinski definition) is 2. The summed E-state index contributed by atoms with van der Waals surface area (Å²) in [5.74, 6) is 2.86. The average Bonchev–Trinajstić information content (AvgIpc) is 2.60. The van der Waals surface area contributed by atoms with Gasteiger partial charge >= 0.3 is 0 Å². The number of nitrogens with zero attached hydrogens (tertiary/aromatic N) is 1. The van der Waals surface area contributed by atoms with E-state index in [4.69, 9.17) is 14.2 Å². The van der Waals surface area contributed by atoms with E-state index in [2.05, 4.69) is 29.5 Å². The quantitative estimate of drug-likeness (QED) is 0.220. The second kappa shape index (κ2) is 14.9. The number of benzene rings is 1. The summed E-state index contributed by atoms with van der Waals surface area (Å²) >= 11 is 0. The molecule has 26 heavy (non-hydrogen) atoms. The molecular formula is C19H34IN3O3. The number of methoxy groups -OCH3 is 1. The summed E-state index contributed by atoms with van der Waals surface area (Å²) in [6, 6.07) is 5.92. The van der Waals surface area contributed by atoms with Crippen molar-refractivity contribution >= 4 is 29.9 Å². The predicted octanol–water partition coefficient (Wildman–Crippen LogP) is 3.44. The summed E-state index contributed by atoms with van der Waals surface area (Å²) in [4.78, 5) is 4.24. The molecule has 0 aliphatic carbocycles. The number of nitrogens with one attached hydrogen (secondary N) is 2. The van der Waals surface area contributed by atoms with Crippen LogP contribution in [0, 0.1) is 5.92 Å². The minimum Gasteiger partial charge on any atom is -0.493 e. The highest BCUT2D eigenvalue weighted by Gasteiger charge is 2.06. The third kappa shape index (κ3) is 10.1. The van der Waals surface area contributed by atoms with Crippen molar-refractivity contribution in [3.05, 3.63) is 23.8 Å². The molecule has 0 spiro atoms. The second-order valence-corrected chi connectivity index (χ2v) is 6.09. The van der Waals surface area contributed by atoms with Crippen LogP contribution in [0.25, 0.3) is 0 Å². The van der Waals surface area contributed by atoms with Gasteiger partial charge in [-0.3, -0.25) is 4.99 Å². The lowest BCUT2D eigenvalue weighted by Gasteiger charge is -2.14. The maximum absolute atomic E-state index is 5.61. The van der Waals surface area contributed by atoms with Crippen LogP contribution >= 0.6 is 24.0 Å². The first-order valence-electron chi connectivity index (χ1n) is 8.92. The van der Waals surface area contributed by atoms with Crippen molar-refractivity contribution < 1.29 is 14.2 Å². The van der Waals surface area contributed by atoms with Crippen LogP contribution in [0.1, 0.15) is 32.8 Å². The lowest BCUT2D eigenvalue weighted by molar-refractivity contribution is 0.108. The molecule has 1 aromatic rings. The van der Waals surface area contributed by atoms with Crippen LogP contribution in [0.5, 0.6) is 11.5 Å². The molecule has 0 saturated heterocycles. The van der Waals surface area contributed by atoms with Crippen LogP contribution in [0.4, 0.5) is 0 Å². The van der Waals surface area contributed by atoms with Gasteiger partial charge in [0, 0.05) is 33.4 Å². The average molecular weight is 479 g/mol. The van der Waals surface area contributed by atoms with Crippen molar-refractivity contribution in [2.75, 3.05) is 40.5 Å². The Morgan fingerprint density at radius 2 is 1.96 bits per heavy atom. The van der Waals surface area contributed by atoms with E-state index in [9.17, 15) is 0 Å².